The van der Waals surface area contributed by atoms with Crippen molar-refractivity contribution in [3.63, 3.8) is 0 Å². The summed E-state index contributed by atoms with van der Waals surface area (Å²) in [5.41, 5.74) is 0. The lowest BCUT2D eigenvalue weighted by Gasteiger charge is -2.43. The Hall–Kier alpha value is -2.91. The second-order valence-corrected chi connectivity index (χ2v) is 16.7. The molecule has 1 aliphatic heterocycles. The maximum atomic E-state index is 12.1. The van der Waals surface area contributed by atoms with E-state index in [0.717, 1.165) is 15.3 Å². The largest absolute Gasteiger partial charge is 0.460 e. The zero-order chi connectivity index (χ0) is 29.5. The van der Waals surface area contributed by atoms with Crippen molar-refractivity contribution in [2.45, 2.75) is 75.4 Å². The van der Waals surface area contributed by atoms with Crippen LogP contribution in [0, 0.1) is 0 Å². The molecule has 6 nitrogen and oxygen atoms in total. The van der Waals surface area contributed by atoms with Gasteiger partial charge < -0.3 is 18.6 Å². The molecule has 0 aliphatic carbocycles. The Morgan fingerprint density at radius 1 is 0.878 bits per heavy atom. The number of hydrogen-bond donors (Lipinski definition) is 0. The smallest absolute Gasteiger partial charge is 0.303 e. The molecule has 0 radical (unpaired) electrons. The third-order valence-corrected chi connectivity index (χ3v) is 13.4. The third-order valence-electron chi connectivity index (χ3n) is 7.32. The van der Waals surface area contributed by atoms with Gasteiger partial charge in [0.15, 0.2) is 0 Å². The minimum Gasteiger partial charge on any atom is -0.460 e. The molecular weight excluding hydrogens is 553 g/mol. The molecule has 218 valence electrons. The summed E-state index contributed by atoms with van der Waals surface area (Å²) in [5, 5.41) is 2.11. The van der Waals surface area contributed by atoms with Crippen LogP contribution in [-0.2, 0) is 28.2 Å². The molecule has 3 aromatic carbocycles. The van der Waals surface area contributed by atoms with E-state index in [1.807, 2.05) is 66.7 Å². The first kappa shape index (κ1) is 31.0. The summed E-state index contributed by atoms with van der Waals surface area (Å²) in [7, 11) is -2.83. The molecule has 1 saturated heterocycles. The average molecular weight is 593 g/mol. The summed E-state index contributed by atoms with van der Waals surface area (Å²) in [5.74, 6) is -0.232. The molecule has 0 amide bonds. The van der Waals surface area contributed by atoms with E-state index < -0.39 is 32.7 Å². The van der Waals surface area contributed by atoms with Crippen LogP contribution in [0.3, 0.4) is 0 Å². The number of rotatable bonds is 11. The normalized spacial score (nSPS) is 19.9. The first-order chi connectivity index (χ1) is 19.6. The summed E-state index contributed by atoms with van der Waals surface area (Å²) >= 11 is 1.60. The molecule has 4 atom stereocenters. The minimum atomic E-state index is -2.83. The van der Waals surface area contributed by atoms with E-state index >= 15 is 0 Å². The second kappa shape index (κ2) is 13.8. The van der Waals surface area contributed by atoms with Gasteiger partial charge in [0, 0.05) is 30.9 Å². The summed E-state index contributed by atoms with van der Waals surface area (Å²) in [6, 6.07) is 30.8. The van der Waals surface area contributed by atoms with E-state index in [1.54, 1.807) is 11.8 Å². The zero-order valence-electron chi connectivity index (χ0n) is 24.4. The van der Waals surface area contributed by atoms with Crippen molar-refractivity contribution in [1.82, 2.24) is 0 Å². The first-order valence-electron chi connectivity index (χ1n) is 14.0. The van der Waals surface area contributed by atoms with Crippen LogP contribution in [-0.4, -0.2) is 57.0 Å². The topological polar surface area (TPSA) is 71.1 Å². The minimum absolute atomic E-state index is 0.211. The van der Waals surface area contributed by atoms with E-state index in [2.05, 4.69) is 45.0 Å². The summed E-state index contributed by atoms with van der Waals surface area (Å²) in [6.45, 7) is 9.71. The molecule has 8 heteroatoms. The van der Waals surface area contributed by atoms with Crippen molar-refractivity contribution in [1.29, 1.82) is 0 Å². The van der Waals surface area contributed by atoms with E-state index in [9.17, 15) is 9.59 Å². The summed E-state index contributed by atoms with van der Waals surface area (Å²) < 4.78 is 25.1. The molecule has 0 saturated carbocycles. The molecule has 4 rings (SSSR count). The van der Waals surface area contributed by atoms with E-state index in [1.165, 1.54) is 13.8 Å². The molecule has 3 aromatic rings. The van der Waals surface area contributed by atoms with Gasteiger partial charge >= 0.3 is 11.9 Å². The zero-order valence-corrected chi connectivity index (χ0v) is 26.3. The standard InChI is InChI=1S/C33H40O6SSi/c1-24(34)37-29-21-30(32(38-25(2)35)23-40-26-15-9-6-10-16-26)39-31(29)22-36-41(33(3,4)5,27-17-11-7-12-18-27)28-19-13-8-14-20-28/h6-20,29-32H,21-23H2,1-5H3/t29-,30-,31+,32+/m0/s1. The molecule has 1 heterocycles. The number of hydrogen-bond acceptors (Lipinski definition) is 7. The van der Waals surface area contributed by atoms with Crippen LogP contribution in [0.25, 0.3) is 0 Å². The van der Waals surface area contributed by atoms with Gasteiger partial charge in [0.25, 0.3) is 8.32 Å². The third kappa shape index (κ3) is 7.68. The molecule has 41 heavy (non-hydrogen) atoms. The predicted molar refractivity (Wildman–Crippen MR) is 165 cm³/mol. The van der Waals surface area contributed by atoms with Crippen LogP contribution >= 0.6 is 11.8 Å². The monoisotopic (exact) mass is 592 g/mol. The lowest BCUT2D eigenvalue weighted by molar-refractivity contribution is -0.153. The van der Waals surface area contributed by atoms with Gasteiger partial charge in [0.05, 0.1) is 12.7 Å². The number of esters is 2. The van der Waals surface area contributed by atoms with Gasteiger partial charge in [-0.25, -0.2) is 0 Å². The van der Waals surface area contributed by atoms with Crippen molar-refractivity contribution < 1.29 is 28.2 Å². The first-order valence-corrected chi connectivity index (χ1v) is 16.9. The van der Waals surface area contributed by atoms with Crippen molar-refractivity contribution in [2.24, 2.45) is 0 Å². The van der Waals surface area contributed by atoms with Crippen LogP contribution in [0.5, 0.6) is 0 Å². The molecule has 0 unspecified atom stereocenters. The number of carbonyl (C=O) groups is 2. The van der Waals surface area contributed by atoms with E-state index in [-0.39, 0.29) is 23.6 Å². The van der Waals surface area contributed by atoms with Gasteiger partial charge in [-0.05, 0) is 27.5 Å². The molecule has 1 fully saturated rings. The van der Waals surface area contributed by atoms with Crippen LogP contribution < -0.4 is 10.4 Å². The average Bonchev–Trinajstić information content (AvgIpc) is 3.34. The highest BCUT2D eigenvalue weighted by Crippen LogP contribution is 2.38. The molecule has 0 bridgehead atoms. The van der Waals surface area contributed by atoms with Crippen LogP contribution in [0.15, 0.2) is 95.9 Å². The number of thioether (sulfide) groups is 1. The van der Waals surface area contributed by atoms with Crippen molar-refractivity contribution in [2.75, 3.05) is 12.4 Å². The van der Waals surface area contributed by atoms with Gasteiger partial charge in [-0.3, -0.25) is 9.59 Å². The number of ether oxygens (including phenoxy) is 3. The summed E-state index contributed by atoms with van der Waals surface area (Å²) in [4.78, 5) is 25.2. The van der Waals surface area contributed by atoms with Crippen LogP contribution in [0.4, 0.5) is 0 Å². The van der Waals surface area contributed by atoms with Gasteiger partial charge in [-0.15, -0.1) is 11.8 Å². The maximum absolute atomic E-state index is 12.1. The molecular formula is C33H40O6SSi. The van der Waals surface area contributed by atoms with E-state index in [4.69, 9.17) is 18.6 Å². The fourth-order valence-corrected chi connectivity index (χ4v) is 11.1. The predicted octanol–water partition coefficient (Wildman–Crippen LogP) is 5.38. The fourth-order valence-electron chi connectivity index (χ4n) is 5.57. The Kier molecular flexibility index (Phi) is 10.5. The quantitative estimate of drug-likeness (QED) is 0.168. The number of benzene rings is 3. The van der Waals surface area contributed by atoms with Crippen molar-refractivity contribution >= 4 is 42.4 Å². The molecule has 0 N–H and O–H groups in total. The van der Waals surface area contributed by atoms with Gasteiger partial charge in [-0.1, -0.05) is 99.6 Å². The van der Waals surface area contributed by atoms with Crippen molar-refractivity contribution in [3.05, 3.63) is 91.0 Å². The van der Waals surface area contributed by atoms with Crippen LogP contribution in [0.2, 0.25) is 5.04 Å². The lowest BCUT2D eigenvalue weighted by atomic mass is 10.1. The SMILES string of the molecule is CC(=O)O[C@H]1C[C@@H]([C@@H](CSc2ccccc2)OC(C)=O)O[C@@H]1CO[Si](c1ccccc1)(c1ccccc1)C(C)(C)C. The van der Waals surface area contributed by atoms with Gasteiger partial charge in [0.2, 0.25) is 0 Å². The highest BCUT2D eigenvalue weighted by molar-refractivity contribution is 7.99. The Labute approximate surface area is 248 Å². The fraction of sp³-hybridized carbons (Fsp3) is 0.394. The Bertz CT molecular complexity index is 1230. The van der Waals surface area contributed by atoms with E-state index in [0.29, 0.717) is 12.2 Å². The van der Waals surface area contributed by atoms with Crippen LogP contribution in [0.1, 0.15) is 41.0 Å². The number of carbonyl (C=O) groups excluding carboxylic acids is 2. The molecule has 0 spiro atoms. The Balaban J connectivity index is 1.61. The summed E-state index contributed by atoms with van der Waals surface area (Å²) in [6.07, 6.45) is -1.55. The maximum Gasteiger partial charge on any atom is 0.303 e. The second-order valence-electron chi connectivity index (χ2n) is 11.3. The van der Waals surface area contributed by atoms with Gasteiger partial charge in [-0.2, -0.15) is 0 Å². The Morgan fingerprint density at radius 3 is 1.90 bits per heavy atom. The highest BCUT2D eigenvalue weighted by Gasteiger charge is 2.52. The van der Waals surface area contributed by atoms with Crippen molar-refractivity contribution in [3.8, 4) is 0 Å². The lowest BCUT2D eigenvalue weighted by Crippen LogP contribution is -2.67. The highest BCUT2D eigenvalue weighted by atomic mass is 32.2. The van der Waals surface area contributed by atoms with Gasteiger partial charge in [0.1, 0.15) is 18.3 Å². The Morgan fingerprint density at radius 2 is 1.41 bits per heavy atom. The molecule has 0 aromatic heterocycles. The molecule has 1 aliphatic rings.